The van der Waals surface area contributed by atoms with Crippen LogP contribution in [0.3, 0.4) is 0 Å². The van der Waals surface area contributed by atoms with Gasteiger partial charge in [-0.3, -0.25) is 14.2 Å². The first-order valence-corrected chi connectivity index (χ1v) is 10.1. The smallest absolute Gasteiger partial charge is 0.506 e. The van der Waals surface area contributed by atoms with Crippen molar-refractivity contribution in [3.63, 3.8) is 0 Å². The van der Waals surface area contributed by atoms with Gasteiger partial charge in [0.1, 0.15) is 17.1 Å². The number of ether oxygens (including phenoxy) is 1. The Balaban J connectivity index is 1.82. The van der Waals surface area contributed by atoms with E-state index in [4.69, 9.17) is 0 Å². The van der Waals surface area contributed by atoms with Crippen LogP contribution in [0.4, 0.5) is 26.3 Å². The molecule has 0 saturated carbocycles. The molecule has 0 unspecified atom stereocenters. The number of rotatable bonds is 5. The molecule has 186 valence electrons. The lowest BCUT2D eigenvalue weighted by Crippen LogP contribution is -2.27. The number of fused-ring (bicyclic) bond motifs is 1. The SMILES string of the molecule is O=C(Cc1ccc(C(F)(F)F)cc1)c1c(O)c2cccnc2n(-c2cccc(OC(F)(F)F)c2)c1=O. The Morgan fingerprint density at radius 3 is 2.31 bits per heavy atom. The molecule has 0 amide bonds. The fourth-order valence-corrected chi connectivity index (χ4v) is 3.60. The minimum atomic E-state index is -5.00. The van der Waals surface area contributed by atoms with Gasteiger partial charge in [0.15, 0.2) is 11.4 Å². The molecule has 0 radical (unpaired) electrons. The van der Waals surface area contributed by atoms with E-state index in [1.54, 1.807) is 0 Å². The molecule has 2 heterocycles. The van der Waals surface area contributed by atoms with Crippen LogP contribution in [0.1, 0.15) is 21.5 Å². The molecular formula is C24H14F6N2O4. The van der Waals surface area contributed by atoms with E-state index in [0.717, 1.165) is 41.0 Å². The summed E-state index contributed by atoms with van der Waals surface area (Å²) in [6.07, 6.45) is -8.83. The molecule has 2 aromatic carbocycles. The van der Waals surface area contributed by atoms with E-state index < -0.39 is 52.9 Å². The molecule has 0 spiro atoms. The molecule has 0 bridgehead atoms. The normalized spacial score (nSPS) is 12.1. The number of pyridine rings is 2. The van der Waals surface area contributed by atoms with Gasteiger partial charge in [0.25, 0.3) is 5.56 Å². The summed E-state index contributed by atoms with van der Waals surface area (Å²) < 4.78 is 81.2. The first-order chi connectivity index (χ1) is 16.8. The fraction of sp³-hybridized carbons (Fsp3) is 0.125. The topological polar surface area (TPSA) is 81.4 Å². The van der Waals surface area contributed by atoms with E-state index in [1.807, 2.05) is 0 Å². The quantitative estimate of drug-likeness (QED) is 0.287. The van der Waals surface area contributed by atoms with E-state index in [9.17, 15) is 41.0 Å². The van der Waals surface area contributed by atoms with Gasteiger partial charge in [-0.1, -0.05) is 18.2 Å². The Labute approximate surface area is 198 Å². The Morgan fingerprint density at radius 2 is 1.67 bits per heavy atom. The summed E-state index contributed by atoms with van der Waals surface area (Å²) in [5.41, 5.74) is -2.84. The summed E-state index contributed by atoms with van der Waals surface area (Å²) in [5, 5.41) is 10.7. The van der Waals surface area contributed by atoms with Gasteiger partial charge in [-0.15, -0.1) is 13.2 Å². The third kappa shape index (κ3) is 5.02. The second-order valence-corrected chi connectivity index (χ2v) is 7.58. The van der Waals surface area contributed by atoms with Crippen molar-refractivity contribution < 1.29 is 41.0 Å². The molecule has 6 nitrogen and oxygen atoms in total. The van der Waals surface area contributed by atoms with Crippen molar-refractivity contribution in [2.45, 2.75) is 19.0 Å². The van der Waals surface area contributed by atoms with E-state index in [1.165, 1.54) is 30.5 Å². The largest absolute Gasteiger partial charge is 0.573 e. The third-order valence-electron chi connectivity index (χ3n) is 5.14. The number of alkyl halides is 6. The van der Waals surface area contributed by atoms with Gasteiger partial charge in [0, 0.05) is 18.7 Å². The van der Waals surface area contributed by atoms with Crippen LogP contribution >= 0.6 is 0 Å². The summed E-state index contributed by atoms with van der Waals surface area (Å²) in [6, 6.07) is 10.8. The van der Waals surface area contributed by atoms with Gasteiger partial charge in [-0.25, -0.2) is 4.98 Å². The van der Waals surface area contributed by atoms with Crippen molar-refractivity contribution in [3.8, 4) is 17.2 Å². The van der Waals surface area contributed by atoms with Crippen LogP contribution in [-0.4, -0.2) is 26.8 Å². The van der Waals surface area contributed by atoms with Crippen LogP contribution < -0.4 is 10.3 Å². The number of nitrogens with zero attached hydrogens (tertiary/aromatic N) is 2. The zero-order valence-electron chi connectivity index (χ0n) is 17.9. The van der Waals surface area contributed by atoms with Crippen LogP contribution in [0.5, 0.6) is 11.5 Å². The monoisotopic (exact) mass is 508 g/mol. The Hall–Kier alpha value is -4.35. The average molecular weight is 508 g/mol. The molecule has 12 heteroatoms. The number of hydrogen-bond acceptors (Lipinski definition) is 5. The predicted octanol–water partition coefficient (Wildman–Crippen LogP) is 5.43. The van der Waals surface area contributed by atoms with Crippen molar-refractivity contribution >= 4 is 16.8 Å². The van der Waals surface area contributed by atoms with E-state index in [0.29, 0.717) is 0 Å². The molecule has 4 rings (SSSR count). The number of hydrogen-bond donors (Lipinski definition) is 1. The first kappa shape index (κ1) is 24.8. The zero-order chi connectivity index (χ0) is 26.3. The van der Waals surface area contributed by atoms with Gasteiger partial charge in [0.05, 0.1) is 16.6 Å². The molecule has 0 aliphatic carbocycles. The summed E-state index contributed by atoms with van der Waals surface area (Å²) in [6.45, 7) is 0. The Kier molecular flexibility index (Phi) is 6.21. The number of ketones is 1. The Morgan fingerprint density at radius 1 is 0.972 bits per heavy atom. The van der Waals surface area contributed by atoms with E-state index in [2.05, 4.69) is 9.72 Å². The van der Waals surface area contributed by atoms with Crippen molar-refractivity contribution in [3.05, 3.63) is 93.9 Å². The fourth-order valence-electron chi connectivity index (χ4n) is 3.60. The average Bonchev–Trinajstić information content (AvgIpc) is 2.78. The molecule has 2 aromatic heterocycles. The predicted molar refractivity (Wildman–Crippen MR) is 115 cm³/mol. The third-order valence-corrected chi connectivity index (χ3v) is 5.14. The van der Waals surface area contributed by atoms with Crippen LogP contribution in [0.2, 0.25) is 0 Å². The molecule has 0 atom stereocenters. The van der Waals surface area contributed by atoms with Crippen LogP contribution in [-0.2, 0) is 12.6 Å². The second-order valence-electron chi connectivity index (χ2n) is 7.58. The standard InChI is InChI=1S/C24H14F6N2O4/c25-23(26,27)14-8-6-13(7-9-14)11-18(33)19-20(34)17-5-2-10-31-21(17)32(22(19)35)15-3-1-4-16(12-15)36-24(28,29)30/h1-10,12,34H,11H2. The minimum Gasteiger partial charge on any atom is -0.506 e. The van der Waals surface area contributed by atoms with Crippen molar-refractivity contribution in [2.75, 3.05) is 0 Å². The van der Waals surface area contributed by atoms with E-state index in [-0.39, 0.29) is 22.3 Å². The van der Waals surface area contributed by atoms with Crippen LogP contribution in [0.15, 0.2) is 71.7 Å². The van der Waals surface area contributed by atoms with Crippen molar-refractivity contribution in [2.24, 2.45) is 0 Å². The lowest BCUT2D eigenvalue weighted by Gasteiger charge is -2.15. The number of Topliss-reactive ketones (excluding diaryl/α,β-unsaturated/α-hetero) is 1. The molecule has 0 fully saturated rings. The zero-order valence-corrected chi connectivity index (χ0v) is 17.9. The molecule has 0 aliphatic rings. The highest BCUT2D eigenvalue weighted by atomic mass is 19.4. The van der Waals surface area contributed by atoms with Gasteiger partial charge in [0.2, 0.25) is 0 Å². The second kappa shape index (κ2) is 9.02. The van der Waals surface area contributed by atoms with Gasteiger partial charge in [-0.2, -0.15) is 13.2 Å². The maximum atomic E-state index is 13.3. The highest BCUT2D eigenvalue weighted by Gasteiger charge is 2.32. The maximum absolute atomic E-state index is 13.3. The molecule has 0 saturated heterocycles. The lowest BCUT2D eigenvalue weighted by molar-refractivity contribution is -0.274. The number of carbonyl (C=O) groups is 1. The Bertz CT molecular complexity index is 1510. The van der Waals surface area contributed by atoms with E-state index >= 15 is 0 Å². The van der Waals surface area contributed by atoms with Gasteiger partial charge < -0.3 is 9.84 Å². The highest BCUT2D eigenvalue weighted by molar-refractivity contribution is 6.04. The van der Waals surface area contributed by atoms with Crippen molar-refractivity contribution in [1.82, 2.24) is 9.55 Å². The number of aromatic hydroxyl groups is 1. The molecule has 4 aromatic rings. The number of aromatic nitrogens is 2. The number of benzene rings is 2. The maximum Gasteiger partial charge on any atom is 0.573 e. The molecular weight excluding hydrogens is 494 g/mol. The van der Waals surface area contributed by atoms with Gasteiger partial charge >= 0.3 is 12.5 Å². The molecule has 1 N–H and O–H groups in total. The van der Waals surface area contributed by atoms with Crippen molar-refractivity contribution in [1.29, 1.82) is 0 Å². The first-order valence-electron chi connectivity index (χ1n) is 10.1. The summed E-state index contributed by atoms with van der Waals surface area (Å²) in [4.78, 5) is 30.4. The summed E-state index contributed by atoms with van der Waals surface area (Å²) in [5.74, 6) is -2.26. The number of carbonyl (C=O) groups excluding carboxylic acids is 1. The molecule has 36 heavy (non-hydrogen) atoms. The minimum absolute atomic E-state index is 0.0463. The summed E-state index contributed by atoms with van der Waals surface area (Å²) >= 11 is 0. The summed E-state index contributed by atoms with van der Waals surface area (Å²) in [7, 11) is 0. The lowest BCUT2D eigenvalue weighted by atomic mass is 10.0. The van der Waals surface area contributed by atoms with Gasteiger partial charge in [-0.05, 0) is 42.0 Å². The van der Waals surface area contributed by atoms with Crippen LogP contribution in [0, 0.1) is 0 Å². The highest BCUT2D eigenvalue weighted by Crippen LogP contribution is 2.31. The van der Waals surface area contributed by atoms with Crippen LogP contribution in [0.25, 0.3) is 16.7 Å². The number of halogens is 6. The molecule has 0 aliphatic heterocycles.